The highest BCUT2D eigenvalue weighted by molar-refractivity contribution is 9.11. The minimum absolute atomic E-state index is 0.104. The smallest absolute Gasteiger partial charge is 0.0888 e. The summed E-state index contributed by atoms with van der Waals surface area (Å²) in [4.78, 5) is 0. The van der Waals surface area contributed by atoms with Crippen molar-refractivity contribution < 1.29 is 5.11 Å². The van der Waals surface area contributed by atoms with E-state index in [1.54, 1.807) is 0 Å². The van der Waals surface area contributed by atoms with Crippen molar-refractivity contribution in [2.75, 3.05) is 5.88 Å². The second kappa shape index (κ2) is 5.16. The second-order valence-electron chi connectivity index (χ2n) is 2.25. The second-order valence-corrected chi connectivity index (χ2v) is 3.47. The van der Waals surface area contributed by atoms with Gasteiger partial charge < -0.3 is 5.11 Å². The lowest BCUT2D eigenvalue weighted by molar-refractivity contribution is 0.171. The molecule has 3 heteroatoms. The van der Waals surface area contributed by atoms with Gasteiger partial charge in [-0.3, -0.25) is 0 Å². The molecular formula is C7H12BrClO. The van der Waals surface area contributed by atoms with Crippen LogP contribution in [0, 0.1) is 5.92 Å². The predicted octanol–water partition coefficient (Wildman–Crippen LogP) is 2.52. The van der Waals surface area contributed by atoms with Gasteiger partial charge in [-0.1, -0.05) is 28.9 Å². The van der Waals surface area contributed by atoms with Gasteiger partial charge in [0.2, 0.25) is 0 Å². The van der Waals surface area contributed by atoms with Crippen LogP contribution in [0.1, 0.15) is 13.8 Å². The maximum Gasteiger partial charge on any atom is 0.0888 e. The average Bonchev–Trinajstić information content (AvgIpc) is 2.00. The number of rotatable bonds is 3. The summed E-state index contributed by atoms with van der Waals surface area (Å²) in [6.45, 7) is 3.77. The van der Waals surface area contributed by atoms with Crippen LogP contribution >= 0.6 is 27.5 Å². The number of alkyl halides is 1. The fourth-order valence-electron chi connectivity index (χ4n) is 0.527. The van der Waals surface area contributed by atoms with Gasteiger partial charge in [0.25, 0.3) is 0 Å². The fourth-order valence-corrected chi connectivity index (χ4v) is 1.15. The molecule has 1 unspecified atom stereocenters. The van der Waals surface area contributed by atoms with Gasteiger partial charge in [0.05, 0.1) is 6.10 Å². The molecule has 0 amide bonds. The van der Waals surface area contributed by atoms with Gasteiger partial charge in [0.1, 0.15) is 0 Å². The van der Waals surface area contributed by atoms with Crippen molar-refractivity contribution in [3.8, 4) is 0 Å². The molecule has 0 bridgehead atoms. The lowest BCUT2D eigenvalue weighted by atomic mass is 10.1. The largest absolute Gasteiger partial charge is 0.388 e. The topological polar surface area (TPSA) is 20.2 Å². The van der Waals surface area contributed by atoms with Crippen LogP contribution in [0.4, 0.5) is 0 Å². The van der Waals surface area contributed by atoms with Crippen LogP contribution < -0.4 is 0 Å². The molecule has 2 atom stereocenters. The van der Waals surface area contributed by atoms with E-state index < -0.39 is 6.10 Å². The van der Waals surface area contributed by atoms with Crippen molar-refractivity contribution in [1.29, 1.82) is 0 Å². The summed E-state index contributed by atoms with van der Waals surface area (Å²) in [5.41, 5.74) is 0. The van der Waals surface area contributed by atoms with Crippen LogP contribution in [-0.4, -0.2) is 17.1 Å². The number of halogens is 2. The first-order valence-electron chi connectivity index (χ1n) is 3.19. The summed E-state index contributed by atoms with van der Waals surface area (Å²) in [5, 5.41) is 9.39. The first kappa shape index (κ1) is 10.5. The van der Waals surface area contributed by atoms with Gasteiger partial charge >= 0.3 is 0 Å². The van der Waals surface area contributed by atoms with Crippen LogP contribution in [0.15, 0.2) is 10.6 Å². The van der Waals surface area contributed by atoms with Crippen molar-refractivity contribution >= 4 is 27.5 Å². The summed E-state index contributed by atoms with van der Waals surface area (Å²) >= 11 is 8.78. The minimum Gasteiger partial charge on any atom is -0.388 e. The Bertz CT molecular complexity index is 125. The third-order valence-corrected chi connectivity index (χ3v) is 2.75. The van der Waals surface area contributed by atoms with E-state index >= 15 is 0 Å². The molecule has 0 aliphatic carbocycles. The minimum atomic E-state index is -0.456. The monoisotopic (exact) mass is 226 g/mol. The van der Waals surface area contributed by atoms with Crippen LogP contribution in [0.25, 0.3) is 0 Å². The number of hydrogen-bond donors (Lipinski definition) is 1. The van der Waals surface area contributed by atoms with Crippen molar-refractivity contribution in [2.24, 2.45) is 5.92 Å². The zero-order chi connectivity index (χ0) is 8.15. The predicted molar refractivity (Wildman–Crippen MR) is 48.6 cm³/mol. The molecule has 1 N–H and O–H groups in total. The molecule has 0 aliphatic heterocycles. The molecule has 0 fully saturated rings. The lowest BCUT2D eigenvalue weighted by Gasteiger charge is -2.14. The zero-order valence-electron chi connectivity index (χ0n) is 6.14. The van der Waals surface area contributed by atoms with Gasteiger partial charge in [-0.2, -0.15) is 0 Å². The SMILES string of the molecule is C/C=C(/Br)C(O)[C@@H](C)CCl. The summed E-state index contributed by atoms with van der Waals surface area (Å²) in [6.07, 6.45) is 1.37. The first-order valence-corrected chi connectivity index (χ1v) is 4.52. The quantitative estimate of drug-likeness (QED) is 0.735. The fraction of sp³-hybridized carbons (Fsp3) is 0.714. The zero-order valence-corrected chi connectivity index (χ0v) is 8.48. The van der Waals surface area contributed by atoms with Crippen molar-refractivity contribution in [3.05, 3.63) is 10.6 Å². The molecular weight excluding hydrogens is 215 g/mol. The van der Waals surface area contributed by atoms with E-state index in [1.165, 1.54) is 0 Å². The van der Waals surface area contributed by atoms with E-state index in [4.69, 9.17) is 11.6 Å². The summed E-state index contributed by atoms with van der Waals surface area (Å²) < 4.78 is 0.806. The Labute approximate surface area is 75.2 Å². The Morgan fingerprint density at radius 3 is 2.60 bits per heavy atom. The van der Waals surface area contributed by atoms with Crippen LogP contribution in [0.5, 0.6) is 0 Å². The highest BCUT2D eigenvalue weighted by Gasteiger charge is 2.14. The molecule has 0 radical (unpaired) electrons. The van der Waals surface area contributed by atoms with E-state index in [1.807, 2.05) is 19.9 Å². The molecule has 0 spiro atoms. The molecule has 60 valence electrons. The highest BCUT2D eigenvalue weighted by Crippen LogP contribution is 2.18. The van der Waals surface area contributed by atoms with Crippen LogP contribution in [-0.2, 0) is 0 Å². The molecule has 0 aromatic heterocycles. The molecule has 0 aliphatic rings. The maximum absolute atomic E-state index is 9.39. The van der Waals surface area contributed by atoms with Crippen molar-refractivity contribution in [2.45, 2.75) is 20.0 Å². The summed E-state index contributed by atoms with van der Waals surface area (Å²) in [7, 11) is 0. The van der Waals surface area contributed by atoms with E-state index in [0.29, 0.717) is 5.88 Å². The molecule has 1 nitrogen and oxygen atoms in total. The third-order valence-electron chi connectivity index (χ3n) is 1.34. The maximum atomic E-state index is 9.39. The lowest BCUT2D eigenvalue weighted by Crippen LogP contribution is -2.18. The Hall–Kier alpha value is 0.470. The summed E-state index contributed by atoms with van der Waals surface area (Å²) in [6, 6.07) is 0. The molecule has 0 saturated carbocycles. The van der Waals surface area contributed by atoms with E-state index in [0.717, 1.165) is 4.48 Å². The highest BCUT2D eigenvalue weighted by atomic mass is 79.9. The van der Waals surface area contributed by atoms with Crippen LogP contribution in [0.2, 0.25) is 0 Å². The molecule has 0 aromatic rings. The van der Waals surface area contributed by atoms with E-state index in [2.05, 4.69) is 15.9 Å². The number of allylic oxidation sites excluding steroid dienone is 1. The average molecular weight is 228 g/mol. The van der Waals surface area contributed by atoms with E-state index in [9.17, 15) is 5.11 Å². The number of hydrogen-bond acceptors (Lipinski definition) is 1. The summed E-state index contributed by atoms with van der Waals surface area (Å²) in [5.74, 6) is 0.580. The van der Waals surface area contributed by atoms with Gasteiger partial charge in [0.15, 0.2) is 0 Å². The van der Waals surface area contributed by atoms with E-state index in [-0.39, 0.29) is 5.92 Å². The Morgan fingerprint density at radius 1 is 1.80 bits per heavy atom. The van der Waals surface area contributed by atoms with Crippen molar-refractivity contribution in [3.63, 3.8) is 0 Å². The third kappa shape index (κ3) is 3.04. The number of aliphatic hydroxyl groups is 1. The normalized spacial score (nSPS) is 18.7. The molecule has 0 heterocycles. The van der Waals surface area contributed by atoms with Gasteiger partial charge in [-0.05, 0) is 6.92 Å². The van der Waals surface area contributed by atoms with Gasteiger partial charge in [0, 0.05) is 16.3 Å². The molecule has 0 rings (SSSR count). The standard InChI is InChI=1S/C7H12BrClO/c1-3-6(8)7(10)5(2)4-9/h3,5,7,10H,4H2,1-2H3/b6-3+/t5-,7?/m0/s1. The van der Waals surface area contributed by atoms with Crippen molar-refractivity contribution in [1.82, 2.24) is 0 Å². The molecule has 0 saturated heterocycles. The number of aliphatic hydroxyl groups excluding tert-OH is 1. The Kier molecular flexibility index (Phi) is 5.41. The first-order chi connectivity index (χ1) is 4.63. The molecule has 0 aromatic carbocycles. The Morgan fingerprint density at radius 2 is 2.30 bits per heavy atom. The van der Waals surface area contributed by atoms with Gasteiger partial charge in [-0.25, -0.2) is 0 Å². The van der Waals surface area contributed by atoms with Gasteiger partial charge in [-0.15, -0.1) is 11.6 Å². The Balaban J connectivity index is 3.94. The molecule has 10 heavy (non-hydrogen) atoms. The van der Waals surface area contributed by atoms with Crippen LogP contribution in [0.3, 0.4) is 0 Å².